The van der Waals surface area contributed by atoms with Crippen LogP contribution in [0.3, 0.4) is 0 Å². The monoisotopic (exact) mass is 286 g/mol. The predicted octanol–water partition coefficient (Wildman–Crippen LogP) is 2.06. The molecule has 112 valence electrons. The Labute approximate surface area is 124 Å². The molecular weight excluding hydrogens is 264 g/mol. The molecule has 1 aliphatic carbocycles. The molecule has 21 heavy (non-hydrogen) atoms. The SMILES string of the molecule is CC(C)c1cc2c(N3CC4CCC(O)C4C3)nccn2n1. The predicted molar refractivity (Wildman–Crippen MR) is 81.5 cm³/mol. The lowest BCUT2D eigenvalue weighted by Gasteiger charge is -2.19. The van der Waals surface area contributed by atoms with Crippen molar-refractivity contribution in [3.63, 3.8) is 0 Å². The molecule has 0 radical (unpaired) electrons. The Hall–Kier alpha value is -1.62. The molecule has 4 rings (SSSR count). The maximum Gasteiger partial charge on any atom is 0.154 e. The smallest absolute Gasteiger partial charge is 0.154 e. The first-order valence-corrected chi connectivity index (χ1v) is 7.91. The van der Waals surface area contributed by atoms with E-state index in [1.54, 1.807) is 0 Å². The molecule has 0 amide bonds. The van der Waals surface area contributed by atoms with E-state index in [4.69, 9.17) is 0 Å². The second-order valence-electron chi connectivity index (χ2n) is 6.78. The third kappa shape index (κ3) is 2.02. The first-order valence-electron chi connectivity index (χ1n) is 7.91. The summed E-state index contributed by atoms with van der Waals surface area (Å²) in [6.07, 6.45) is 5.71. The maximum absolute atomic E-state index is 10.1. The molecule has 1 saturated carbocycles. The summed E-state index contributed by atoms with van der Waals surface area (Å²) < 4.78 is 1.93. The average Bonchev–Trinajstić information content (AvgIpc) is 3.13. The van der Waals surface area contributed by atoms with Gasteiger partial charge in [-0.15, -0.1) is 0 Å². The molecule has 0 bridgehead atoms. The maximum atomic E-state index is 10.1. The van der Waals surface area contributed by atoms with Crippen LogP contribution < -0.4 is 4.90 Å². The Kier molecular flexibility index (Phi) is 2.92. The summed E-state index contributed by atoms with van der Waals surface area (Å²) in [5, 5.41) is 14.7. The summed E-state index contributed by atoms with van der Waals surface area (Å²) in [7, 11) is 0. The normalized spacial score (nSPS) is 28.8. The highest BCUT2D eigenvalue weighted by Gasteiger charge is 2.42. The summed E-state index contributed by atoms with van der Waals surface area (Å²) in [5.74, 6) is 2.46. The fourth-order valence-electron chi connectivity index (χ4n) is 3.86. The molecular formula is C16H22N4O. The van der Waals surface area contributed by atoms with Crippen LogP contribution in [0.15, 0.2) is 18.5 Å². The largest absolute Gasteiger partial charge is 0.393 e. The Morgan fingerprint density at radius 1 is 1.29 bits per heavy atom. The van der Waals surface area contributed by atoms with Gasteiger partial charge in [0.2, 0.25) is 0 Å². The average molecular weight is 286 g/mol. The van der Waals surface area contributed by atoms with Crippen LogP contribution in [0.25, 0.3) is 5.52 Å². The minimum Gasteiger partial charge on any atom is -0.393 e. The van der Waals surface area contributed by atoms with Crippen molar-refractivity contribution in [3.8, 4) is 0 Å². The molecule has 2 aromatic heterocycles. The van der Waals surface area contributed by atoms with Gasteiger partial charge < -0.3 is 10.0 Å². The van der Waals surface area contributed by atoms with Gasteiger partial charge in [-0.25, -0.2) is 9.50 Å². The van der Waals surface area contributed by atoms with E-state index in [2.05, 4.69) is 34.9 Å². The quantitative estimate of drug-likeness (QED) is 0.918. The van der Waals surface area contributed by atoms with Gasteiger partial charge in [0.1, 0.15) is 5.52 Å². The van der Waals surface area contributed by atoms with Gasteiger partial charge in [-0.05, 0) is 30.7 Å². The van der Waals surface area contributed by atoms with Gasteiger partial charge in [-0.1, -0.05) is 13.8 Å². The van der Waals surface area contributed by atoms with Crippen molar-refractivity contribution >= 4 is 11.3 Å². The Morgan fingerprint density at radius 3 is 2.90 bits per heavy atom. The van der Waals surface area contributed by atoms with Crippen molar-refractivity contribution in [2.75, 3.05) is 18.0 Å². The molecule has 3 atom stereocenters. The summed E-state index contributed by atoms with van der Waals surface area (Å²) in [6, 6.07) is 2.15. The van der Waals surface area contributed by atoms with Gasteiger partial charge in [-0.2, -0.15) is 5.10 Å². The molecule has 2 fully saturated rings. The van der Waals surface area contributed by atoms with Crippen LogP contribution in [-0.4, -0.2) is 38.9 Å². The van der Waals surface area contributed by atoms with Crippen molar-refractivity contribution < 1.29 is 5.11 Å². The zero-order valence-electron chi connectivity index (χ0n) is 12.6. The van der Waals surface area contributed by atoms with Crippen molar-refractivity contribution in [1.82, 2.24) is 14.6 Å². The minimum absolute atomic E-state index is 0.129. The van der Waals surface area contributed by atoms with E-state index in [1.807, 2.05) is 16.9 Å². The highest BCUT2D eigenvalue weighted by atomic mass is 16.3. The molecule has 1 saturated heterocycles. The third-order valence-electron chi connectivity index (χ3n) is 5.10. The van der Waals surface area contributed by atoms with Gasteiger partial charge in [0.15, 0.2) is 5.82 Å². The van der Waals surface area contributed by atoms with Crippen LogP contribution in [0.5, 0.6) is 0 Å². The number of hydrogen-bond donors (Lipinski definition) is 1. The minimum atomic E-state index is -0.129. The zero-order valence-corrected chi connectivity index (χ0v) is 12.6. The molecule has 1 aliphatic heterocycles. The van der Waals surface area contributed by atoms with Gasteiger partial charge >= 0.3 is 0 Å². The van der Waals surface area contributed by atoms with Crippen LogP contribution in [-0.2, 0) is 0 Å². The van der Waals surface area contributed by atoms with E-state index in [1.165, 1.54) is 0 Å². The molecule has 3 heterocycles. The lowest BCUT2D eigenvalue weighted by molar-refractivity contribution is 0.133. The Morgan fingerprint density at radius 2 is 2.14 bits per heavy atom. The first kappa shape index (κ1) is 13.1. The lowest BCUT2D eigenvalue weighted by Crippen LogP contribution is -2.25. The molecule has 2 aromatic rings. The molecule has 5 nitrogen and oxygen atoms in total. The molecule has 2 aliphatic rings. The lowest BCUT2D eigenvalue weighted by atomic mass is 10.00. The van der Waals surface area contributed by atoms with E-state index in [0.717, 1.165) is 43.0 Å². The number of anilines is 1. The number of aliphatic hydroxyl groups excluding tert-OH is 1. The molecule has 0 spiro atoms. The van der Waals surface area contributed by atoms with Crippen LogP contribution in [0.2, 0.25) is 0 Å². The van der Waals surface area contributed by atoms with Crippen LogP contribution in [0.1, 0.15) is 38.3 Å². The number of aromatic nitrogens is 3. The van der Waals surface area contributed by atoms with E-state index >= 15 is 0 Å². The molecule has 3 unspecified atom stereocenters. The first-order chi connectivity index (χ1) is 10.1. The Bertz CT molecular complexity index is 665. The highest BCUT2D eigenvalue weighted by Crippen LogP contribution is 2.40. The van der Waals surface area contributed by atoms with E-state index < -0.39 is 0 Å². The fraction of sp³-hybridized carbons (Fsp3) is 0.625. The van der Waals surface area contributed by atoms with Crippen molar-refractivity contribution in [2.24, 2.45) is 11.8 Å². The Balaban J connectivity index is 1.71. The van der Waals surface area contributed by atoms with E-state index in [0.29, 0.717) is 17.8 Å². The van der Waals surface area contributed by atoms with Crippen molar-refractivity contribution in [2.45, 2.75) is 38.7 Å². The molecule has 1 N–H and O–H groups in total. The number of aliphatic hydroxyl groups is 1. The number of nitrogens with zero attached hydrogens (tertiary/aromatic N) is 4. The summed E-state index contributed by atoms with van der Waals surface area (Å²) in [5.41, 5.74) is 2.18. The van der Waals surface area contributed by atoms with Crippen LogP contribution >= 0.6 is 0 Å². The van der Waals surface area contributed by atoms with Crippen LogP contribution in [0, 0.1) is 11.8 Å². The second-order valence-corrected chi connectivity index (χ2v) is 6.78. The second kappa shape index (κ2) is 4.70. The van der Waals surface area contributed by atoms with E-state index in [-0.39, 0.29) is 6.10 Å². The van der Waals surface area contributed by atoms with Gasteiger partial charge in [0.25, 0.3) is 0 Å². The summed E-state index contributed by atoms with van der Waals surface area (Å²) in [4.78, 5) is 6.93. The topological polar surface area (TPSA) is 53.7 Å². The number of hydrogen-bond acceptors (Lipinski definition) is 4. The fourth-order valence-corrected chi connectivity index (χ4v) is 3.86. The standard InChI is InChI=1S/C16H22N4O/c1-10(2)13-7-14-16(17-5-6-20(14)18-13)19-8-11-3-4-15(21)12(11)9-19/h5-7,10-12,15,21H,3-4,8-9H2,1-2H3. The molecule has 0 aromatic carbocycles. The third-order valence-corrected chi connectivity index (χ3v) is 5.10. The van der Waals surface area contributed by atoms with Gasteiger partial charge in [-0.3, -0.25) is 0 Å². The van der Waals surface area contributed by atoms with Gasteiger partial charge in [0.05, 0.1) is 11.8 Å². The van der Waals surface area contributed by atoms with E-state index in [9.17, 15) is 5.11 Å². The summed E-state index contributed by atoms with van der Waals surface area (Å²) >= 11 is 0. The number of fused-ring (bicyclic) bond motifs is 2. The van der Waals surface area contributed by atoms with Gasteiger partial charge in [0, 0.05) is 31.4 Å². The van der Waals surface area contributed by atoms with Crippen molar-refractivity contribution in [1.29, 1.82) is 0 Å². The summed E-state index contributed by atoms with van der Waals surface area (Å²) in [6.45, 7) is 6.24. The highest BCUT2D eigenvalue weighted by molar-refractivity contribution is 5.69. The van der Waals surface area contributed by atoms with Crippen molar-refractivity contribution in [3.05, 3.63) is 24.2 Å². The van der Waals surface area contributed by atoms with Crippen LogP contribution in [0.4, 0.5) is 5.82 Å². The number of rotatable bonds is 2. The molecule has 5 heteroatoms. The zero-order chi connectivity index (χ0) is 14.6.